The lowest BCUT2D eigenvalue weighted by Gasteiger charge is -2.43. The van der Waals surface area contributed by atoms with Crippen molar-refractivity contribution in [2.75, 3.05) is 0 Å². The highest BCUT2D eigenvalue weighted by molar-refractivity contribution is 5.28. The van der Waals surface area contributed by atoms with E-state index in [9.17, 15) is 5.11 Å². The van der Waals surface area contributed by atoms with Crippen LogP contribution in [0.2, 0.25) is 0 Å². The lowest BCUT2D eigenvalue weighted by atomic mass is 9.64. The predicted octanol–water partition coefficient (Wildman–Crippen LogP) is 2.60. The van der Waals surface area contributed by atoms with E-state index in [1.54, 1.807) is 0 Å². The first-order valence-corrected chi connectivity index (χ1v) is 6.68. The fourth-order valence-corrected chi connectivity index (χ4v) is 3.15. The molecule has 1 aliphatic carbocycles. The normalized spacial score (nSPS) is 31.1. The number of aliphatic hydroxyl groups is 1. The third kappa shape index (κ3) is 2.38. The van der Waals surface area contributed by atoms with E-state index in [0.29, 0.717) is 0 Å². The molecule has 1 fully saturated rings. The maximum atomic E-state index is 9.70. The fourth-order valence-electron chi connectivity index (χ4n) is 3.15. The minimum absolute atomic E-state index is 0.0786. The van der Waals surface area contributed by atoms with Gasteiger partial charge in [-0.1, -0.05) is 37.3 Å². The van der Waals surface area contributed by atoms with Crippen molar-refractivity contribution < 1.29 is 5.11 Å². The Morgan fingerprint density at radius 2 is 1.88 bits per heavy atom. The van der Waals surface area contributed by atoms with Gasteiger partial charge in [-0.25, -0.2) is 0 Å². The van der Waals surface area contributed by atoms with Gasteiger partial charge in [0.15, 0.2) is 0 Å². The van der Waals surface area contributed by atoms with Gasteiger partial charge in [0.05, 0.1) is 6.10 Å². The molecule has 1 aromatic rings. The van der Waals surface area contributed by atoms with Gasteiger partial charge in [0.1, 0.15) is 0 Å². The maximum Gasteiger partial charge on any atom is 0.0541 e. The highest BCUT2D eigenvalue weighted by Gasteiger charge is 2.40. The Morgan fingerprint density at radius 3 is 2.41 bits per heavy atom. The summed E-state index contributed by atoms with van der Waals surface area (Å²) in [6.07, 6.45) is 4.63. The summed E-state index contributed by atoms with van der Waals surface area (Å²) in [5, 5.41) is 9.70. The van der Waals surface area contributed by atoms with Crippen molar-refractivity contribution in [3.05, 3.63) is 35.9 Å². The monoisotopic (exact) mass is 233 g/mol. The molecule has 2 nitrogen and oxygen atoms in total. The second kappa shape index (κ2) is 5.19. The molecule has 3 N–H and O–H groups in total. The Hall–Kier alpha value is -0.860. The van der Waals surface area contributed by atoms with Crippen LogP contribution >= 0.6 is 0 Å². The largest absolute Gasteiger partial charge is 0.393 e. The van der Waals surface area contributed by atoms with Crippen molar-refractivity contribution in [1.82, 2.24) is 0 Å². The van der Waals surface area contributed by atoms with Crippen LogP contribution in [0.5, 0.6) is 0 Å². The zero-order chi connectivity index (χ0) is 12.3. The van der Waals surface area contributed by atoms with Gasteiger partial charge in [-0.15, -0.1) is 0 Å². The molecule has 94 valence electrons. The van der Waals surface area contributed by atoms with E-state index < -0.39 is 0 Å². The molecular weight excluding hydrogens is 210 g/mol. The molecule has 1 saturated carbocycles. The smallest absolute Gasteiger partial charge is 0.0541 e. The Labute approximate surface area is 104 Å². The van der Waals surface area contributed by atoms with Gasteiger partial charge in [0.25, 0.3) is 0 Å². The first-order valence-electron chi connectivity index (χ1n) is 6.68. The van der Waals surface area contributed by atoms with Crippen molar-refractivity contribution in [3.63, 3.8) is 0 Å². The third-order valence-corrected chi connectivity index (χ3v) is 4.35. The first kappa shape index (κ1) is 12.6. The number of hydrogen-bond acceptors (Lipinski definition) is 2. The van der Waals surface area contributed by atoms with E-state index in [4.69, 9.17) is 5.73 Å². The zero-order valence-electron chi connectivity index (χ0n) is 10.6. The molecule has 0 unspecified atom stereocenters. The molecule has 17 heavy (non-hydrogen) atoms. The van der Waals surface area contributed by atoms with Crippen LogP contribution in [0.4, 0.5) is 0 Å². The standard InChI is InChI=1S/C15H23NO/c1-2-14(16)15(10-8-13(17)9-11-15)12-6-4-3-5-7-12/h3-7,13-14,17H,2,8-11,16H2,1H3/t13-,14-,15-/m1/s1. The molecular formula is C15H23NO. The molecule has 0 bridgehead atoms. The average Bonchev–Trinajstić information content (AvgIpc) is 2.40. The molecule has 0 aliphatic heterocycles. The van der Waals surface area contributed by atoms with Gasteiger partial charge in [0.2, 0.25) is 0 Å². The molecule has 0 aromatic heterocycles. The van der Waals surface area contributed by atoms with Gasteiger partial charge in [-0.2, -0.15) is 0 Å². The van der Waals surface area contributed by atoms with Crippen LogP contribution in [0.15, 0.2) is 30.3 Å². The Balaban J connectivity index is 2.31. The summed E-state index contributed by atoms with van der Waals surface area (Å²) in [4.78, 5) is 0. The second-order valence-corrected chi connectivity index (χ2v) is 5.27. The molecule has 0 radical (unpaired) electrons. The number of aliphatic hydroxyl groups excluding tert-OH is 1. The molecule has 0 heterocycles. The highest BCUT2D eigenvalue weighted by atomic mass is 16.3. The molecule has 1 atom stereocenters. The zero-order valence-corrected chi connectivity index (χ0v) is 10.6. The van der Waals surface area contributed by atoms with Crippen molar-refractivity contribution in [2.45, 2.75) is 56.6 Å². The third-order valence-electron chi connectivity index (χ3n) is 4.35. The van der Waals surface area contributed by atoms with E-state index in [1.807, 2.05) is 6.07 Å². The quantitative estimate of drug-likeness (QED) is 0.843. The summed E-state index contributed by atoms with van der Waals surface area (Å²) >= 11 is 0. The lowest BCUT2D eigenvalue weighted by molar-refractivity contribution is 0.0849. The molecule has 0 saturated heterocycles. The summed E-state index contributed by atoms with van der Waals surface area (Å²) in [7, 11) is 0. The summed E-state index contributed by atoms with van der Waals surface area (Å²) in [5.74, 6) is 0. The molecule has 0 amide bonds. The highest BCUT2D eigenvalue weighted by Crippen LogP contribution is 2.42. The van der Waals surface area contributed by atoms with Gasteiger partial charge < -0.3 is 10.8 Å². The van der Waals surface area contributed by atoms with Crippen LogP contribution in [0.1, 0.15) is 44.6 Å². The Kier molecular flexibility index (Phi) is 3.85. The molecule has 0 spiro atoms. The number of benzene rings is 1. The van der Waals surface area contributed by atoms with Crippen LogP contribution in [0.3, 0.4) is 0 Å². The topological polar surface area (TPSA) is 46.2 Å². The summed E-state index contributed by atoms with van der Waals surface area (Å²) in [6.45, 7) is 2.15. The number of rotatable bonds is 3. The maximum absolute atomic E-state index is 9.70. The van der Waals surface area contributed by atoms with Crippen LogP contribution < -0.4 is 5.73 Å². The lowest BCUT2D eigenvalue weighted by Crippen LogP contribution is -2.48. The summed E-state index contributed by atoms with van der Waals surface area (Å²) in [5.41, 5.74) is 7.81. The van der Waals surface area contributed by atoms with Gasteiger partial charge >= 0.3 is 0 Å². The predicted molar refractivity (Wildman–Crippen MR) is 70.9 cm³/mol. The molecule has 2 heteroatoms. The van der Waals surface area contributed by atoms with Gasteiger partial charge in [-0.3, -0.25) is 0 Å². The summed E-state index contributed by atoms with van der Waals surface area (Å²) in [6, 6.07) is 10.8. The number of hydrogen-bond donors (Lipinski definition) is 2. The Bertz CT molecular complexity index is 341. The van der Waals surface area contributed by atoms with Crippen LogP contribution in [-0.4, -0.2) is 17.3 Å². The van der Waals surface area contributed by atoms with Gasteiger partial charge in [0, 0.05) is 11.5 Å². The molecule has 1 aliphatic rings. The van der Waals surface area contributed by atoms with Crippen LogP contribution in [-0.2, 0) is 5.41 Å². The second-order valence-electron chi connectivity index (χ2n) is 5.27. The van der Waals surface area contributed by atoms with Gasteiger partial charge in [-0.05, 0) is 37.7 Å². The SMILES string of the molecule is CC[C@@H](N)[C@]1(c2ccccc2)CC[C@@H](O)CC1. The Morgan fingerprint density at radius 1 is 1.29 bits per heavy atom. The molecule has 1 aromatic carbocycles. The van der Waals surface area contributed by atoms with Crippen LogP contribution in [0.25, 0.3) is 0 Å². The first-order chi connectivity index (χ1) is 8.19. The van der Waals surface area contributed by atoms with E-state index >= 15 is 0 Å². The van der Waals surface area contributed by atoms with E-state index in [-0.39, 0.29) is 17.6 Å². The number of nitrogens with two attached hydrogens (primary N) is 1. The van der Waals surface area contributed by atoms with Crippen molar-refractivity contribution in [2.24, 2.45) is 5.73 Å². The van der Waals surface area contributed by atoms with Crippen molar-refractivity contribution in [3.8, 4) is 0 Å². The summed E-state index contributed by atoms with van der Waals surface area (Å²) < 4.78 is 0. The van der Waals surface area contributed by atoms with E-state index in [1.165, 1.54) is 5.56 Å². The van der Waals surface area contributed by atoms with E-state index in [2.05, 4.69) is 31.2 Å². The van der Waals surface area contributed by atoms with E-state index in [0.717, 1.165) is 32.1 Å². The fraction of sp³-hybridized carbons (Fsp3) is 0.600. The van der Waals surface area contributed by atoms with Crippen molar-refractivity contribution >= 4 is 0 Å². The molecule has 2 rings (SSSR count). The minimum atomic E-state index is -0.129. The average molecular weight is 233 g/mol. The van der Waals surface area contributed by atoms with Crippen molar-refractivity contribution in [1.29, 1.82) is 0 Å². The van der Waals surface area contributed by atoms with Crippen LogP contribution in [0, 0.1) is 0 Å². The minimum Gasteiger partial charge on any atom is -0.393 e.